The third-order valence-corrected chi connectivity index (χ3v) is 2.02. The molecule has 0 saturated heterocycles. The molecule has 0 aliphatic heterocycles. The Morgan fingerprint density at radius 2 is 2.20 bits per heavy atom. The van der Waals surface area contributed by atoms with Crippen LogP contribution in [-0.4, -0.2) is 12.6 Å². The van der Waals surface area contributed by atoms with Crippen LogP contribution < -0.4 is 5.32 Å². The Bertz CT molecular complexity index is 318. The predicted molar refractivity (Wildman–Crippen MR) is 63.2 cm³/mol. The van der Waals surface area contributed by atoms with E-state index in [4.69, 9.17) is 0 Å². The molecule has 1 rings (SSSR count). The van der Waals surface area contributed by atoms with Crippen molar-refractivity contribution in [2.24, 2.45) is 0 Å². The van der Waals surface area contributed by atoms with Crippen molar-refractivity contribution in [3.8, 4) is 0 Å². The lowest BCUT2D eigenvalue weighted by molar-refractivity contribution is 0.595. The van der Waals surface area contributed by atoms with E-state index in [2.05, 4.69) is 25.2 Å². The highest BCUT2D eigenvalue weighted by atomic mass is 19.1. The first-order valence-corrected chi connectivity index (χ1v) is 5.34. The molecule has 1 aromatic carbocycles. The fraction of sp³-hybridized carbons (Fsp3) is 0.385. The van der Waals surface area contributed by atoms with Gasteiger partial charge in [0.1, 0.15) is 5.82 Å². The molecule has 0 fully saturated rings. The summed E-state index contributed by atoms with van der Waals surface area (Å²) in [5.74, 6) is -0.183. The Hall–Kier alpha value is -1.15. The van der Waals surface area contributed by atoms with E-state index in [9.17, 15) is 4.39 Å². The van der Waals surface area contributed by atoms with Gasteiger partial charge in [0, 0.05) is 6.04 Å². The lowest BCUT2D eigenvalue weighted by Crippen LogP contribution is -2.23. The van der Waals surface area contributed by atoms with Crippen molar-refractivity contribution in [2.75, 3.05) is 6.54 Å². The van der Waals surface area contributed by atoms with Crippen molar-refractivity contribution in [3.05, 3.63) is 41.7 Å². The Morgan fingerprint density at radius 3 is 2.87 bits per heavy atom. The van der Waals surface area contributed by atoms with Crippen LogP contribution in [0.15, 0.2) is 30.3 Å². The maximum Gasteiger partial charge on any atom is 0.123 e. The van der Waals surface area contributed by atoms with Gasteiger partial charge in [-0.15, -0.1) is 0 Å². The Labute approximate surface area is 91.0 Å². The fourth-order valence-corrected chi connectivity index (χ4v) is 1.29. The first kappa shape index (κ1) is 11.9. The highest BCUT2D eigenvalue weighted by Crippen LogP contribution is 2.05. The third kappa shape index (κ3) is 5.33. The molecule has 0 radical (unpaired) electrons. The topological polar surface area (TPSA) is 12.0 Å². The van der Waals surface area contributed by atoms with Gasteiger partial charge in [-0.05, 0) is 30.7 Å². The van der Waals surface area contributed by atoms with Gasteiger partial charge in [-0.3, -0.25) is 0 Å². The van der Waals surface area contributed by atoms with Gasteiger partial charge >= 0.3 is 0 Å². The molecule has 1 nitrogen and oxygen atoms in total. The number of hydrogen-bond donors (Lipinski definition) is 1. The summed E-state index contributed by atoms with van der Waals surface area (Å²) in [6, 6.07) is 7.13. The number of rotatable bonds is 5. The van der Waals surface area contributed by atoms with Crippen LogP contribution in [0.2, 0.25) is 0 Å². The minimum absolute atomic E-state index is 0.183. The Morgan fingerprint density at radius 1 is 1.40 bits per heavy atom. The molecule has 0 aromatic heterocycles. The van der Waals surface area contributed by atoms with E-state index in [0.717, 1.165) is 18.5 Å². The van der Waals surface area contributed by atoms with Gasteiger partial charge < -0.3 is 5.32 Å². The zero-order valence-electron chi connectivity index (χ0n) is 9.33. The molecule has 0 heterocycles. The van der Waals surface area contributed by atoms with Gasteiger partial charge in [0.2, 0.25) is 0 Å². The average Bonchev–Trinajstić information content (AvgIpc) is 2.17. The molecule has 0 unspecified atom stereocenters. The lowest BCUT2D eigenvalue weighted by Gasteiger charge is -2.04. The van der Waals surface area contributed by atoms with Crippen molar-refractivity contribution in [1.82, 2.24) is 5.32 Å². The zero-order chi connectivity index (χ0) is 11.1. The molecule has 15 heavy (non-hydrogen) atoms. The van der Waals surface area contributed by atoms with Gasteiger partial charge in [0.25, 0.3) is 0 Å². The van der Waals surface area contributed by atoms with Crippen LogP contribution in [0.25, 0.3) is 6.08 Å². The smallest absolute Gasteiger partial charge is 0.123 e. The van der Waals surface area contributed by atoms with Crippen molar-refractivity contribution in [1.29, 1.82) is 0 Å². The lowest BCUT2D eigenvalue weighted by atomic mass is 10.2. The molecule has 2 heteroatoms. The first-order valence-electron chi connectivity index (χ1n) is 5.34. The third-order valence-electron chi connectivity index (χ3n) is 2.02. The summed E-state index contributed by atoms with van der Waals surface area (Å²) < 4.78 is 12.8. The summed E-state index contributed by atoms with van der Waals surface area (Å²) in [6.45, 7) is 5.20. The molecule has 0 saturated carbocycles. The van der Waals surface area contributed by atoms with Gasteiger partial charge in [0.15, 0.2) is 0 Å². The normalized spacial score (nSPS) is 11.5. The van der Waals surface area contributed by atoms with Crippen molar-refractivity contribution >= 4 is 6.08 Å². The van der Waals surface area contributed by atoms with E-state index in [1.807, 2.05) is 12.1 Å². The maximum absolute atomic E-state index is 12.8. The highest BCUT2D eigenvalue weighted by Gasteiger charge is 1.91. The minimum atomic E-state index is -0.183. The van der Waals surface area contributed by atoms with E-state index in [-0.39, 0.29) is 5.82 Å². The summed E-state index contributed by atoms with van der Waals surface area (Å²) >= 11 is 0. The van der Waals surface area contributed by atoms with Crippen LogP contribution in [0.4, 0.5) is 4.39 Å². The summed E-state index contributed by atoms with van der Waals surface area (Å²) in [7, 11) is 0. The zero-order valence-corrected chi connectivity index (χ0v) is 9.33. The van der Waals surface area contributed by atoms with E-state index in [1.54, 1.807) is 6.07 Å². The summed E-state index contributed by atoms with van der Waals surface area (Å²) in [5.41, 5.74) is 0.916. The second-order valence-electron chi connectivity index (χ2n) is 3.85. The van der Waals surface area contributed by atoms with Crippen LogP contribution in [0.5, 0.6) is 0 Å². The van der Waals surface area contributed by atoms with Crippen LogP contribution in [-0.2, 0) is 0 Å². The molecule has 0 spiro atoms. The van der Waals surface area contributed by atoms with E-state index in [1.165, 1.54) is 12.1 Å². The number of benzene rings is 1. The van der Waals surface area contributed by atoms with Gasteiger partial charge in [-0.1, -0.05) is 38.1 Å². The second-order valence-corrected chi connectivity index (χ2v) is 3.85. The molecule has 0 aliphatic rings. The summed E-state index contributed by atoms with van der Waals surface area (Å²) in [4.78, 5) is 0. The van der Waals surface area contributed by atoms with E-state index >= 15 is 0 Å². The monoisotopic (exact) mass is 207 g/mol. The first-order chi connectivity index (χ1) is 7.18. The van der Waals surface area contributed by atoms with Gasteiger partial charge in [-0.25, -0.2) is 4.39 Å². The van der Waals surface area contributed by atoms with Crippen molar-refractivity contribution < 1.29 is 4.39 Å². The summed E-state index contributed by atoms with van der Waals surface area (Å²) in [6.07, 6.45) is 4.98. The predicted octanol–water partition coefficient (Wildman–Crippen LogP) is 3.23. The summed E-state index contributed by atoms with van der Waals surface area (Å²) in [5, 5.41) is 3.32. The van der Waals surface area contributed by atoms with E-state index in [0.29, 0.717) is 6.04 Å². The van der Waals surface area contributed by atoms with Gasteiger partial charge in [-0.2, -0.15) is 0 Å². The molecular weight excluding hydrogens is 189 g/mol. The Balaban J connectivity index is 2.32. The van der Waals surface area contributed by atoms with E-state index < -0.39 is 0 Å². The van der Waals surface area contributed by atoms with Crippen LogP contribution >= 0.6 is 0 Å². The van der Waals surface area contributed by atoms with Crippen LogP contribution in [0.1, 0.15) is 25.8 Å². The average molecular weight is 207 g/mol. The van der Waals surface area contributed by atoms with Crippen molar-refractivity contribution in [2.45, 2.75) is 26.3 Å². The van der Waals surface area contributed by atoms with Crippen molar-refractivity contribution in [3.63, 3.8) is 0 Å². The minimum Gasteiger partial charge on any atom is -0.314 e. The highest BCUT2D eigenvalue weighted by molar-refractivity contribution is 5.48. The van der Waals surface area contributed by atoms with Crippen LogP contribution in [0, 0.1) is 5.82 Å². The molecule has 0 bridgehead atoms. The van der Waals surface area contributed by atoms with Gasteiger partial charge in [0.05, 0.1) is 0 Å². The molecular formula is C13H18FN. The quantitative estimate of drug-likeness (QED) is 0.731. The largest absolute Gasteiger partial charge is 0.314 e. The molecule has 0 aliphatic carbocycles. The second kappa shape index (κ2) is 6.36. The molecule has 0 atom stereocenters. The molecule has 1 N–H and O–H groups in total. The molecule has 1 aromatic rings. The standard InChI is InChI=1S/C13H18FN/c1-11(2)15-9-4-3-6-12-7-5-8-13(14)10-12/h3,5-8,10-11,15H,4,9H2,1-2H3. The number of nitrogens with one attached hydrogen (secondary N) is 1. The Kier molecular flexibility index (Phi) is 5.05. The number of halogens is 1. The molecule has 0 amide bonds. The molecule has 82 valence electrons. The van der Waals surface area contributed by atoms with Crippen LogP contribution in [0.3, 0.4) is 0 Å². The SMILES string of the molecule is CC(C)NCCC=Cc1cccc(F)c1. The number of hydrogen-bond acceptors (Lipinski definition) is 1. The fourth-order valence-electron chi connectivity index (χ4n) is 1.29. The maximum atomic E-state index is 12.8.